The summed E-state index contributed by atoms with van der Waals surface area (Å²) >= 11 is 0. The summed E-state index contributed by atoms with van der Waals surface area (Å²) in [5.74, 6) is -0.270. The van der Waals surface area contributed by atoms with Gasteiger partial charge in [-0.1, -0.05) is 18.2 Å². The van der Waals surface area contributed by atoms with Gasteiger partial charge in [0.2, 0.25) is 0 Å². The fraction of sp³-hybridized carbons (Fsp3) is 0.143. The fourth-order valence-corrected chi connectivity index (χ4v) is 1.79. The number of nitrogens with two attached hydrogens (primary N) is 1. The molecule has 0 bridgehead atoms. The highest BCUT2D eigenvalue weighted by atomic mass is 19.1. The molecule has 0 heterocycles. The second kappa shape index (κ2) is 3.97. The molecule has 82 valence electrons. The maximum atomic E-state index is 13.8. The number of benzene rings is 2. The molecule has 0 aliphatic carbocycles. The third-order valence-corrected chi connectivity index (χ3v) is 2.89. The van der Waals surface area contributed by atoms with Crippen molar-refractivity contribution in [2.45, 2.75) is 13.8 Å². The van der Waals surface area contributed by atoms with Crippen molar-refractivity contribution in [1.82, 2.24) is 0 Å². The molecular weight excluding hydrogens is 201 g/mol. The van der Waals surface area contributed by atoms with E-state index in [4.69, 9.17) is 5.73 Å². The lowest BCUT2D eigenvalue weighted by atomic mass is 9.96. The van der Waals surface area contributed by atoms with Crippen molar-refractivity contribution in [3.05, 3.63) is 53.3 Å². The Morgan fingerprint density at radius 2 is 1.75 bits per heavy atom. The average molecular weight is 215 g/mol. The Morgan fingerprint density at radius 3 is 2.44 bits per heavy atom. The van der Waals surface area contributed by atoms with E-state index >= 15 is 0 Å². The van der Waals surface area contributed by atoms with Crippen LogP contribution in [-0.4, -0.2) is 0 Å². The summed E-state index contributed by atoms with van der Waals surface area (Å²) in [5.41, 5.74) is 9.78. The van der Waals surface area contributed by atoms with Gasteiger partial charge in [-0.05, 0) is 48.7 Å². The van der Waals surface area contributed by atoms with Gasteiger partial charge in [-0.25, -0.2) is 4.39 Å². The minimum absolute atomic E-state index is 0.270. The van der Waals surface area contributed by atoms with Gasteiger partial charge in [-0.15, -0.1) is 0 Å². The maximum absolute atomic E-state index is 13.8. The molecule has 0 amide bonds. The Hall–Kier alpha value is -1.83. The highest BCUT2D eigenvalue weighted by molar-refractivity contribution is 5.70. The summed E-state index contributed by atoms with van der Waals surface area (Å²) in [4.78, 5) is 0. The van der Waals surface area contributed by atoms with E-state index in [1.165, 1.54) is 6.07 Å². The Morgan fingerprint density at radius 1 is 1.00 bits per heavy atom. The molecule has 16 heavy (non-hydrogen) atoms. The third-order valence-electron chi connectivity index (χ3n) is 2.89. The summed E-state index contributed by atoms with van der Waals surface area (Å²) in [5, 5.41) is 0. The molecule has 0 aromatic heterocycles. The van der Waals surface area contributed by atoms with E-state index in [2.05, 4.69) is 0 Å². The van der Waals surface area contributed by atoms with Crippen LogP contribution in [0.25, 0.3) is 11.1 Å². The Balaban J connectivity index is 2.63. The van der Waals surface area contributed by atoms with Crippen molar-refractivity contribution in [3.63, 3.8) is 0 Å². The first-order chi connectivity index (χ1) is 7.59. The van der Waals surface area contributed by atoms with Crippen LogP contribution in [0.3, 0.4) is 0 Å². The number of halogens is 1. The van der Waals surface area contributed by atoms with Gasteiger partial charge in [0.25, 0.3) is 0 Å². The zero-order chi connectivity index (χ0) is 11.7. The highest BCUT2D eigenvalue weighted by Gasteiger charge is 2.08. The Labute approximate surface area is 94.7 Å². The standard InChI is InChI=1S/C14H14FN/c1-9-4-3-5-12(10(9)2)13-7-6-11(16)8-14(13)15/h3-8H,16H2,1-2H3. The average Bonchev–Trinajstić information content (AvgIpc) is 2.23. The second-order valence-corrected chi connectivity index (χ2v) is 3.99. The first-order valence-electron chi connectivity index (χ1n) is 5.21. The molecule has 0 aliphatic rings. The zero-order valence-corrected chi connectivity index (χ0v) is 9.42. The van der Waals surface area contributed by atoms with Gasteiger partial charge in [-0.3, -0.25) is 0 Å². The normalized spacial score (nSPS) is 10.4. The molecule has 2 aromatic rings. The molecule has 2 N–H and O–H groups in total. The highest BCUT2D eigenvalue weighted by Crippen LogP contribution is 2.28. The van der Waals surface area contributed by atoms with Gasteiger partial charge in [0.15, 0.2) is 0 Å². The van der Waals surface area contributed by atoms with E-state index in [0.29, 0.717) is 11.3 Å². The lowest BCUT2D eigenvalue weighted by Gasteiger charge is -2.10. The lowest BCUT2D eigenvalue weighted by Crippen LogP contribution is -1.92. The summed E-state index contributed by atoms with van der Waals surface area (Å²) in [6.07, 6.45) is 0. The molecule has 0 spiro atoms. The topological polar surface area (TPSA) is 26.0 Å². The molecule has 0 aliphatic heterocycles. The monoisotopic (exact) mass is 215 g/mol. The largest absolute Gasteiger partial charge is 0.399 e. The molecule has 0 atom stereocenters. The van der Waals surface area contributed by atoms with Crippen molar-refractivity contribution in [1.29, 1.82) is 0 Å². The smallest absolute Gasteiger partial charge is 0.133 e. The first-order valence-corrected chi connectivity index (χ1v) is 5.21. The molecular formula is C14H14FN. The minimum atomic E-state index is -0.270. The maximum Gasteiger partial charge on any atom is 0.133 e. The lowest BCUT2D eigenvalue weighted by molar-refractivity contribution is 0.632. The van der Waals surface area contributed by atoms with Gasteiger partial charge in [0.1, 0.15) is 5.82 Å². The number of rotatable bonds is 1. The van der Waals surface area contributed by atoms with Crippen LogP contribution < -0.4 is 5.73 Å². The Bertz CT molecular complexity index is 532. The van der Waals surface area contributed by atoms with Crippen molar-refractivity contribution >= 4 is 5.69 Å². The number of aryl methyl sites for hydroxylation is 1. The van der Waals surface area contributed by atoms with Crippen LogP contribution in [0.5, 0.6) is 0 Å². The molecule has 0 unspecified atom stereocenters. The van der Waals surface area contributed by atoms with Crippen LogP contribution in [0, 0.1) is 19.7 Å². The van der Waals surface area contributed by atoms with Crippen LogP contribution >= 0.6 is 0 Å². The summed E-state index contributed by atoms with van der Waals surface area (Å²) in [6, 6.07) is 10.7. The van der Waals surface area contributed by atoms with Gasteiger partial charge >= 0.3 is 0 Å². The molecule has 1 nitrogen and oxygen atoms in total. The summed E-state index contributed by atoms with van der Waals surface area (Å²) < 4.78 is 13.8. The Kier molecular flexibility index (Phi) is 2.65. The summed E-state index contributed by atoms with van der Waals surface area (Å²) in [7, 11) is 0. The molecule has 2 aromatic carbocycles. The van der Waals surface area contributed by atoms with Crippen LogP contribution in [0.15, 0.2) is 36.4 Å². The summed E-state index contributed by atoms with van der Waals surface area (Å²) in [6.45, 7) is 4.02. The van der Waals surface area contributed by atoms with Gasteiger partial charge in [0.05, 0.1) is 0 Å². The van der Waals surface area contributed by atoms with E-state index in [0.717, 1.165) is 16.7 Å². The first kappa shape index (κ1) is 10.7. The molecule has 0 radical (unpaired) electrons. The van der Waals surface area contributed by atoms with Crippen molar-refractivity contribution in [3.8, 4) is 11.1 Å². The van der Waals surface area contributed by atoms with E-state index in [1.807, 2.05) is 32.0 Å². The van der Waals surface area contributed by atoms with Crippen LogP contribution in [-0.2, 0) is 0 Å². The number of hydrogen-bond acceptors (Lipinski definition) is 1. The number of anilines is 1. The molecule has 2 heteroatoms. The fourth-order valence-electron chi connectivity index (χ4n) is 1.79. The zero-order valence-electron chi connectivity index (χ0n) is 9.42. The molecule has 0 saturated heterocycles. The van der Waals surface area contributed by atoms with E-state index in [9.17, 15) is 4.39 Å². The quantitative estimate of drug-likeness (QED) is 0.721. The van der Waals surface area contributed by atoms with Crippen LogP contribution in [0.1, 0.15) is 11.1 Å². The number of nitrogen functional groups attached to an aromatic ring is 1. The predicted octanol–water partition coefficient (Wildman–Crippen LogP) is 3.69. The van der Waals surface area contributed by atoms with E-state index in [1.54, 1.807) is 12.1 Å². The van der Waals surface area contributed by atoms with Gasteiger partial charge < -0.3 is 5.73 Å². The minimum Gasteiger partial charge on any atom is -0.399 e. The van der Waals surface area contributed by atoms with Crippen molar-refractivity contribution < 1.29 is 4.39 Å². The van der Waals surface area contributed by atoms with Crippen LogP contribution in [0.2, 0.25) is 0 Å². The SMILES string of the molecule is Cc1cccc(-c2ccc(N)cc2F)c1C. The van der Waals surface area contributed by atoms with E-state index < -0.39 is 0 Å². The van der Waals surface area contributed by atoms with E-state index in [-0.39, 0.29) is 5.82 Å². The second-order valence-electron chi connectivity index (χ2n) is 3.99. The predicted molar refractivity (Wildman–Crippen MR) is 65.7 cm³/mol. The van der Waals surface area contributed by atoms with Gasteiger partial charge in [0, 0.05) is 11.3 Å². The molecule has 2 rings (SSSR count). The van der Waals surface area contributed by atoms with Gasteiger partial charge in [-0.2, -0.15) is 0 Å². The molecule has 0 fully saturated rings. The number of hydrogen-bond donors (Lipinski definition) is 1. The molecule has 0 saturated carbocycles. The third kappa shape index (κ3) is 1.78. The van der Waals surface area contributed by atoms with Crippen molar-refractivity contribution in [2.24, 2.45) is 0 Å². The van der Waals surface area contributed by atoms with Crippen LogP contribution in [0.4, 0.5) is 10.1 Å². The van der Waals surface area contributed by atoms with Crippen molar-refractivity contribution in [2.75, 3.05) is 5.73 Å².